The van der Waals surface area contributed by atoms with E-state index in [-0.39, 0.29) is 0 Å². The van der Waals surface area contributed by atoms with Crippen LogP contribution in [-0.4, -0.2) is 18.1 Å². The van der Waals surface area contributed by atoms with E-state index in [2.05, 4.69) is 24.1 Å². The highest BCUT2D eigenvalue weighted by Crippen LogP contribution is 2.30. The Hall–Kier alpha value is -0.670. The molecule has 1 aromatic heterocycles. The lowest BCUT2D eigenvalue weighted by Gasteiger charge is -2.11. The molecule has 1 heterocycles. The van der Waals surface area contributed by atoms with Gasteiger partial charge >= 0.3 is 0 Å². The van der Waals surface area contributed by atoms with Gasteiger partial charge in [-0.1, -0.05) is 49.9 Å². The Balaban J connectivity index is 2.65. The Bertz CT molecular complexity index is 372. The lowest BCUT2D eigenvalue weighted by atomic mass is 10.3. The smallest absolute Gasteiger partial charge is 0.234 e. The third-order valence-electron chi connectivity index (χ3n) is 2.43. The maximum atomic E-state index is 6.06. The molecule has 3 nitrogen and oxygen atoms in total. The standard InChI is InChI=1S/C13H20Cl2N2O/c1-3-5-6-8-18-13-11(15)9-10(14)12(17-13)16-7-4-2/h9H,3-8H2,1-2H3,(H,16,17). The molecule has 0 aliphatic heterocycles. The van der Waals surface area contributed by atoms with Crippen molar-refractivity contribution in [1.82, 2.24) is 4.98 Å². The molecule has 0 unspecified atom stereocenters. The Labute approximate surface area is 119 Å². The van der Waals surface area contributed by atoms with E-state index in [4.69, 9.17) is 27.9 Å². The van der Waals surface area contributed by atoms with Crippen molar-refractivity contribution in [1.29, 1.82) is 0 Å². The Morgan fingerprint density at radius 3 is 2.61 bits per heavy atom. The number of nitrogens with zero attached hydrogens (tertiary/aromatic N) is 1. The van der Waals surface area contributed by atoms with Crippen molar-refractivity contribution in [2.45, 2.75) is 39.5 Å². The van der Waals surface area contributed by atoms with Gasteiger partial charge in [0.15, 0.2) is 0 Å². The lowest BCUT2D eigenvalue weighted by molar-refractivity contribution is 0.295. The molecule has 1 rings (SSSR count). The highest BCUT2D eigenvalue weighted by molar-refractivity contribution is 6.36. The van der Waals surface area contributed by atoms with Crippen molar-refractivity contribution in [2.24, 2.45) is 0 Å². The van der Waals surface area contributed by atoms with Crippen LogP contribution in [0.1, 0.15) is 39.5 Å². The molecule has 102 valence electrons. The fraction of sp³-hybridized carbons (Fsp3) is 0.615. The average Bonchev–Trinajstić information content (AvgIpc) is 2.35. The molecule has 0 fully saturated rings. The molecule has 0 saturated carbocycles. The summed E-state index contributed by atoms with van der Waals surface area (Å²) in [6.45, 7) is 5.69. The van der Waals surface area contributed by atoms with Crippen molar-refractivity contribution in [3.05, 3.63) is 16.1 Å². The summed E-state index contributed by atoms with van der Waals surface area (Å²) in [6, 6.07) is 1.67. The van der Waals surface area contributed by atoms with Gasteiger partial charge in [0.1, 0.15) is 10.8 Å². The van der Waals surface area contributed by atoms with Crippen LogP contribution < -0.4 is 10.1 Å². The minimum Gasteiger partial charge on any atom is -0.477 e. The van der Waals surface area contributed by atoms with Crippen LogP contribution in [0.25, 0.3) is 0 Å². The van der Waals surface area contributed by atoms with Gasteiger partial charge in [-0.15, -0.1) is 0 Å². The van der Waals surface area contributed by atoms with Gasteiger partial charge in [-0.05, 0) is 18.9 Å². The number of hydrogen-bond donors (Lipinski definition) is 1. The molecule has 0 aliphatic rings. The monoisotopic (exact) mass is 290 g/mol. The topological polar surface area (TPSA) is 34.1 Å². The summed E-state index contributed by atoms with van der Waals surface area (Å²) in [5.74, 6) is 1.09. The maximum absolute atomic E-state index is 6.06. The van der Waals surface area contributed by atoms with E-state index >= 15 is 0 Å². The number of rotatable bonds is 8. The van der Waals surface area contributed by atoms with Crippen LogP contribution in [-0.2, 0) is 0 Å². The van der Waals surface area contributed by atoms with Crippen LogP contribution in [0.5, 0.6) is 5.88 Å². The van der Waals surface area contributed by atoms with E-state index in [1.54, 1.807) is 6.07 Å². The fourth-order valence-corrected chi connectivity index (χ4v) is 1.92. The third-order valence-corrected chi connectivity index (χ3v) is 2.99. The molecule has 0 aliphatic carbocycles. The SMILES string of the molecule is CCCCCOc1nc(NCCC)c(Cl)cc1Cl. The van der Waals surface area contributed by atoms with Crippen molar-refractivity contribution in [2.75, 3.05) is 18.5 Å². The highest BCUT2D eigenvalue weighted by Gasteiger charge is 2.09. The van der Waals surface area contributed by atoms with E-state index in [0.29, 0.717) is 28.3 Å². The number of unbranched alkanes of at least 4 members (excludes halogenated alkanes) is 2. The second kappa shape index (κ2) is 8.44. The van der Waals surface area contributed by atoms with Gasteiger partial charge in [-0.2, -0.15) is 4.98 Å². The molecule has 0 saturated heterocycles. The van der Waals surface area contributed by atoms with Crippen LogP contribution in [0, 0.1) is 0 Å². The largest absolute Gasteiger partial charge is 0.477 e. The minimum atomic E-state index is 0.454. The van der Waals surface area contributed by atoms with Crippen LogP contribution in [0.2, 0.25) is 10.0 Å². The molecule has 0 bridgehead atoms. The van der Waals surface area contributed by atoms with Gasteiger partial charge in [0.05, 0.1) is 11.6 Å². The van der Waals surface area contributed by atoms with Crippen LogP contribution in [0.15, 0.2) is 6.07 Å². The van der Waals surface area contributed by atoms with Crippen molar-refractivity contribution in [3.63, 3.8) is 0 Å². The molecule has 0 radical (unpaired) electrons. The molecule has 1 N–H and O–H groups in total. The molecular weight excluding hydrogens is 271 g/mol. The first-order valence-corrected chi connectivity index (χ1v) is 7.17. The molecule has 5 heteroatoms. The zero-order valence-electron chi connectivity index (χ0n) is 10.9. The number of pyridine rings is 1. The first kappa shape index (κ1) is 15.4. The van der Waals surface area contributed by atoms with Crippen LogP contribution >= 0.6 is 23.2 Å². The molecule has 18 heavy (non-hydrogen) atoms. The summed E-state index contributed by atoms with van der Waals surface area (Å²) in [6.07, 6.45) is 4.32. The van der Waals surface area contributed by atoms with Gasteiger partial charge in [-0.25, -0.2) is 0 Å². The minimum absolute atomic E-state index is 0.454. The average molecular weight is 291 g/mol. The van der Waals surface area contributed by atoms with E-state index in [0.717, 1.165) is 32.2 Å². The van der Waals surface area contributed by atoms with Gasteiger partial charge in [0, 0.05) is 6.54 Å². The third kappa shape index (κ3) is 4.91. The van der Waals surface area contributed by atoms with Gasteiger partial charge < -0.3 is 10.1 Å². The molecule has 1 aromatic rings. The summed E-state index contributed by atoms with van der Waals surface area (Å²) in [5, 5.41) is 4.13. The van der Waals surface area contributed by atoms with E-state index in [1.807, 2.05) is 0 Å². The first-order chi connectivity index (χ1) is 8.69. The molecule has 0 amide bonds. The van der Waals surface area contributed by atoms with Gasteiger partial charge in [-0.3, -0.25) is 0 Å². The van der Waals surface area contributed by atoms with Crippen molar-refractivity contribution < 1.29 is 4.74 Å². The predicted octanol–water partition coefficient (Wildman–Crippen LogP) is 4.78. The summed E-state index contributed by atoms with van der Waals surface area (Å²) in [7, 11) is 0. The van der Waals surface area contributed by atoms with Crippen LogP contribution in [0.3, 0.4) is 0 Å². The molecule has 0 spiro atoms. The van der Waals surface area contributed by atoms with E-state index in [9.17, 15) is 0 Å². The van der Waals surface area contributed by atoms with Crippen LogP contribution in [0.4, 0.5) is 5.82 Å². The number of anilines is 1. The molecule has 0 aromatic carbocycles. The number of aromatic nitrogens is 1. The maximum Gasteiger partial charge on any atom is 0.234 e. The van der Waals surface area contributed by atoms with E-state index in [1.165, 1.54) is 0 Å². The zero-order valence-corrected chi connectivity index (χ0v) is 12.4. The number of hydrogen-bond acceptors (Lipinski definition) is 3. The van der Waals surface area contributed by atoms with Gasteiger partial charge in [0.25, 0.3) is 0 Å². The lowest BCUT2D eigenvalue weighted by Crippen LogP contribution is -2.05. The number of nitrogens with one attached hydrogen (secondary N) is 1. The summed E-state index contributed by atoms with van der Waals surface area (Å²) < 4.78 is 5.57. The normalized spacial score (nSPS) is 10.4. The molecular formula is C13H20Cl2N2O. The second-order valence-corrected chi connectivity index (χ2v) is 4.90. The zero-order chi connectivity index (χ0) is 13.4. The summed E-state index contributed by atoms with van der Waals surface area (Å²) >= 11 is 12.1. The Kier molecular flexibility index (Phi) is 7.21. The van der Waals surface area contributed by atoms with Gasteiger partial charge in [0.2, 0.25) is 5.88 Å². The number of ether oxygens (including phenoxy) is 1. The summed E-state index contributed by atoms with van der Waals surface area (Å²) in [5.41, 5.74) is 0. The molecule has 0 atom stereocenters. The predicted molar refractivity (Wildman–Crippen MR) is 78.1 cm³/mol. The quantitative estimate of drug-likeness (QED) is 0.700. The van der Waals surface area contributed by atoms with Crippen molar-refractivity contribution >= 4 is 29.0 Å². The first-order valence-electron chi connectivity index (χ1n) is 6.41. The number of halogens is 2. The highest BCUT2D eigenvalue weighted by atomic mass is 35.5. The summed E-state index contributed by atoms with van der Waals surface area (Å²) in [4.78, 5) is 4.31. The fourth-order valence-electron chi connectivity index (χ4n) is 1.44. The Morgan fingerprint density at radius 1 is 1.17 bits per heavy atom. The Morgan fingerprint density at radius 2 is 1.94 bits per heavy atom. The van der Waals surface area contributed by atoms with Crippen molar-refractivity contribution in [3.8, 4) is 5.88 Å². The second-order valence-electron chi connectivity index (χ2n) is 4.09. The van der Waals surface area contributed by atoms with E-state index < -0.39 is 0 Å².